The second-order valence-electron chi connectivity index (χ2n) is 6.15. The van der Waals surface area contributed by atoms with E-state index in [1.54, 1.807) is 0 Å². The first-order valence-corrected chi connectivity index (χ1v) is 8.50. The van der Waals surface area contributed by atoms with Gasteiger partial charge in [0, 0.05) is 44.3 Å². The lowest BCUT2D eigenvalue weighted by molar-refractivity contribution is 0.0939. The van der Waals surface area contributed by atoms with Crippen molar-refractivity contribution in [2.24, 2.45) is 5.41 Å². The minimum atomic E-state index is -0.0713. The van der Waals surface area contributed by atoms with E-state index in [9.17, 15) is 0 Å². The molecule has 130 valence electrons. The average Bonchev–Trinajstić information content (AvgIpc) is 2.96. The molecule has 0 atom stereocenters. The number of rotatable bonds is 5. The molecule has 23 heavy (non-hydrogen) atoms. The van der Waals surface area contributed by atoms with E-state index in [1.165, 1.54) is 0 Å². The van der Waals surface area contributed by atoms with Crippen LogP contribution in [-0.2, 0) is 13.1 Å². The topological polar surface area (TPSA) is 49.2 Å². The molecular weight excluding hydrogens is 288 g/mol. The summed E-state index contributed by atoms with van der Waals surface area (Å²) in [5.74, 6) is 6.19. The Morgan fingerprint density at radius 2 is 1.87 bits per heavy atom. The van der Waals surface area contributed by atoms with E-state index >= 15 is 0 Å². The first kappa shape index (κ1) is 19.6. The summed E-state index contributed by atoms with van der Waals surface area (Å²) in [6, 6.07) is 0. The lowest BCUT2D eigenvalue weighted by atomic mass is 9.95. The largest absolute Gasteiger partial charge is 0.295 e. The van der Waals surface area contributed by atoms with E-state index in [0.717, 1.165) is 45.0 Å². The van der Waals surface area contributed by atoms with Gasteiger partial charge in [-0.1, -0.05) is 25.0 Å². The van der Waals surface area contributed by atoms with Crippen molar-refractivity contribution >= 4 is 0 Å². The Balaban J connectivity index is 0.00000127. The number of aromatic nitrogens is 3. The molecule has 1 saturated heterocycles. The van der Waals surface area contributed by atoms with Gasteiger partial charge in [-0.2, -0.15) is 0 Å². The Bertz CT molecular complexity index is 503. The highest BCUT2D eigenvalue weighted by atomic mass is 15.5. The van der Waals surface area contributed by atoms with Gasteiger partial charge < -0.3 is 0 Å². The van der Waals surface area contributed by atoms with Crippen LogP contribution in [0.2, 0.25) is 0 Å². The van der Waals surface area contributed by atoms with Crippen LogP contribution in [0.15, 0.2) is 6.20 Å². The van der Waals surface area contributed by atoms with E-state index in [4.69, 9.17) is 0 Å². The van der Waals surface area contributed by atoms with Gasteiger partial charge in [-0.25, -0.2) is 5.01 Å². The van der Waals surface area contributed by atoms with Gasteiger partial charge in [0.1, 0.15) is 0 Å². The summed E-state index contributed by atoms with van der Waals surface area (Å²) in [6.07, 6.45) is 2.05. The third-order valence-electron chi connectivity index (χ3n) is 3.68. The fourth-order valence-electron chi connectivity index (χ4n) is 2.63. The average molecular weight is 320 g/mol. The van der Waals surface area contributed by atoms with E-state index < -0.39 is 0 Å². The maximum atomic E-state index is 4.29. The van der Waals surface area contributed by atoms with Crippen LogP contribution in [0.25, 0.3) is 0 Å². The van der Waals surface area contributed by atoms with Crippen LogP contribution in [0, 0.1) is 17.3 Å². The molecule has 6 nitrogen and oxygen atoms in total. The van der Waals surface area contributed by atoms with Gasteiger partial charge >= 0.3 is 0 Å². The predicted molar refractivity (Wildman–Crippen MR) is 94.5 cm³/mol. The molecule has 1 aromatic heterocycles. The number of hydrogen-bond donors (Lipinski definition) is 1. The normalized spacial score (nSPS) is 16.3. The molecule has 0 aliphatic carbocycles. The second-order valence-corrected chi connectivity index (χ2v) is 6.15. The van der Waals surface area contributed by atoms with Gasteiger partial charge in [0.2, 0.25) is 0 Å². The molecule has 1 aromatic rings. The van der Waals surface area contributed by atoms with Crippen molar-refractivity contribution in [1.29, 1.82) is 0 Å². The highest BCUT2D eigenvalue weighted by Gasteiger charge is 2.19. The molecular formula is C17H32N6. The third-order valence-corrected chi connectivity index (χ3v) is 3.68. The molecule has 0 radical (unpaired) electrons. The molecule has 6 heteroatoms. The van der Waals surface area contributed by atoms with Crippen LogP contribution in [-0.4, -0.2) is 58.1 Å². The van der Waals surface area contributed by atoms with Gasteiger partial charge in [0.25, 0.3) is 0 Å². The number of piperazine rings is 1. The fourth-order valence-corrected chi connectivity index (χ4v) is 2.63. The smallest absolute Gasteiger partial charge is 0.0967 e. The second kappa shape index (κ2) is 9.66. The van der Waals surface area contributed by atoms with Crippen molar-refractivity contribution in [3.8, 4) is 11.8 Å². The Morgan fingerprint density at radius 1 is 1.22 bits per heavy atom. The highest BCUT2D eigenvalue weighted by molar-refractivity contribution is 5.07. The zero-order valence-corrected chi connectivity index (χ0v) is 15.6. The molecule has 0 unspecified atom stereocenters. The maximum absolute atomic E-state index is 4.29. The summed E-state index contributed by atoms with van der Waals surface area (Å²) < 4.78 is 1.91. The Labute approximate surface area is 141 Å². The van der Waals surface area contributed by atoms with E-state index in [1.807, 2.05) is 38.7 Å². The van der Waals surface area contributed by atoms with Gasteiger partial charge in [-0.3, -0.25) is 15.0 Å². The lowest BCUT2D eigenvalue weighted by Crippen LogP contribution is -2.50. The van der Waals surface area contributed by atoms with Gasteiger partial charge in [0.05, 0.1) is 12.2 Å². The number of nitrogens with zero attached hydrogens (tertiary/aromatic N) is 5. The molecule has 0 aromatic carbocycles. The van der Waals surface area contributed by atoms with Gasteiger partial charge in [-0.15, -0.1) is 11.0 Å². The molecule has 1 fully saturated rings. The summed E-state index contributed by atoms with van der Waals surface area (Å²) in [6.45, 7) is 16.0. The molecule has 0 saturated carbocycles. The summed E-state index contributed by atoms with van der Waals surface area (Å²) in [5.41, 5.74) is 4.16. The number of hydrazine groups is 1. The maximum Gasteiger partial charge on any atom is 0.0967 e. The van der Waals surface area contributed by atoms with Crippen LogP contribution in [0.3, 0.4) is 0 Å². The zero-order chi connectivity index (χ0) is 17.3. The number of nitrogens with one attached hydrogen (secondary N) is 1. The van der Waals surface area contributed by atoms with Crippen molar-refractivity contribution in [3.63, 3.8) is 0 Å². The summed E-state index contributed by atoms with van der Waals surface area (Å²) in [5, 5.41) is 10.8. The molecule has 1 aliphatic heterocycles. The van der Waals surface area contributed by atoms with Crippen molar-refractivity contribution in [1.82, 2.24) is 30.3 Å². The highest BCUT2D eigenvalue weighted by Crippen LogP contribution is 2.16. The molecule has 1 aliphatic rings. The third kappa shape index (κ3) is 6.69. The van der Waals surface area contributed by atoms with Gasteiger partial charge in [0.15, 0.2) is 0 Å². The lowest BCUT2D eigenvalue weighted by Gasteiger charge is -2.33. The Hall–Kier alpha value is -1.42. The molecule has 0 spiro atoms. The van der Waals surface area contributed by atoms with E-state index in [-0.39, 0.29) is 5.41 Å². The molecule has 2 rings (SSSR count). The van der Waals surface area contributed by atoms with Crippen LogP contribution < -0.4 is 5.43 Å². The first-order chi connectivity index (χ1) is 11.0. The monoisotopic (exact) mass is 320 g/mol. The minimum absolute atomic E-state index is 0.0713. The SMILES string of the molecule is CC.CC#CC(C)(C)Cn1cc(CN2CCN(NC)CC2)nn1. The van der Waals surface area contributed by atoms with Crippen LogP contribution >= 0.6 is 0 Å². The molecule has 0 amide bonds. The van der Waals surface area contributed by atoms with Crippen LogP contribution in [0.5, 0.6) is 0 Å². The molecule has 1 N–H and O–H groups in total. The van der Waals surface area contributed by atoms with Gasteiger partial charge in [-0.05, 0) is 27.8 Å². The van der Waals surface area contributed by atoms with Crippen molar-refractivity contribution in [2.75, 3.05) is 33.2 Å². The summed E-state index contributed by atoms with van der Waals surface area (Å²) >= 11 is 0. The van der Waals surface area contributed by atoms with Crippen molar-refractivity contribution in [3.05, 3.63) is 11.9 Å². The quantitative estimate of drug-likeness (QED) is 0.835. The predicted octanol–water partition coefficient (Wildman–Crippen LogP) is 1.61. The number of hydrogen-bond acceptors (Lipinski definition) is 5. The van der Waals surface area contributed by atoms with Crippen LogP contribution in [0.4, 0.5) is 0 Å². The first-order valence-electron chi connectivity index (χ1n) is 8.50. The summed E-state index contributed by atoms with van der Waals surface area (Å²) in [7, 11) is 1.97. The van der Waals surface area contributed by atoms with Crippen molar-refractivity contribution < 1.29 is 0 Å². The summed E-state index contributed by atoms with van der Waals surface area (Å²) in [4.78, 5) is 2.42. The fraction of sp³-hybridized carbons (Fsp3) is 0.765. The van der Waals surface area contributed by atoms with E-state index in [2.05, 4.69) is 51.3 Å². The van der Waals surface area contributed by atoms with Crippen molar-refractivity contribution in [2.45, 2.75) is 47.7 Å². The Kier molecular flexibility index (Phi) is 8.24. The van der Waals surface area contributed by atoms with Crippen LogP contribution in [0.1, 0.15) is 40.3 Å². The zero-order valence-electron chi connectivity index (χ0n) is 15.6. The Morgan fingerprint density at radius 3 is 2.43 bits per heavy atom. The molecule has 0 bridgehead atoms. The molecule has 2 heterocycles. The minimum Gasteiger partial charge on any atom is -0.295 e. The standard InChI is InChI=1S/C15H26N6.C2H6/c1-5-6-15(2,3)13-21-12-14(17-18-21)11-19-7-9-20(16-4)10-8-19;1-2/h12,16H,7-11,13H2,1-4H3;1-2H3. The van der Waals surface area contributed by atoms with E-state index in [0.29, 0.717) is 0 Å².